The number of halogens is 1. The zero-order chi connectivity index (χ0) is 21.8. The fourth-order valence-corrected chi connectivity index (χ4v) is 4.68. The molecule has 1 unspecified atom stereocenters. The van der Waals surface area contributed by atoms with Crippen LogP contribution in [0.2, 0.25) is 0 Å². The molecule has 0 saturated heterocycles. The predicted molar refractivity (Wildman–Crippen MR) is 124 cm³/mol. The molecular weight excluding hydrogens is 456 g/mol. The molecule has 0 saturated carbocycles. The summed E-state index contributed by atoms with van der Waals surface area (Å²) in [6.07, 6.45) is 0. The number of aromatic nitrogens is 1. The SMILES string of the molecule is COC(=O)C1(c2c(-c3ccc(C)cc3)[nH]c3ccccc23)Nc2cc(Br)ccc2C1=O. The summed E-state index contributed by atoms with van der Waals surface area (Å²) in [5.74, 6) is -0.983. The highest BCUT2D eigenvalue weighted by Crippen LogP contribution is 2.47. The summed E-state index contributed by atoms with van der Waals surface area (Å²) in [5.41, 5.74) is 3.46. The van der Waals surface area contributed by atoms with E-state index in [0.717, 1.165) is 26.5 Å². The van der Waals surface area contributed by atoms with Gasteiger partial charge in [-0.15, -0.1) is 0 Å². The molecule has 0 bridgehead atoms. The molecule has 0 spiro atoms. The standard InChI is InChI=1S/C25H19BrN2O3/c1-14-7-9-15(10-8-14)22-21(17-5-3-4-6-19(17)27-22)25(24(30)31-2)23(29)18-12-11-16(26)13-20(18)28-25/h3-13,27-28H,1-2H3. The second kappa shape index (κ2) is 7.10. The lowest BCUT2D eigenvalue weighted by molar-refractivity contribution is -0.144. The molecule has 154 valence electrons. The smallest absolute Gasteiger partial charge is 0.344 e. The molecule has 0 amide bonds. The van der Waals surface area contributed by atoms with Gasteiger partial charge < -0.3 is 15.0 Å². The molecule has 2 N–H and O–H groups in total. The fourth-order valence-electron chi connectivity index (χ4n) is 4.32. The number of ether oxygens (including phenoxy) is 1. The maximum atomic E-state index is 13.8. The minimum Gasteiger partial charge on any atom is -0.467 e. The second-order valence-electron chi connectivity index (χ2n) is 7.67. The van der Waals surface area contributed by atoms with E-state index in [4.69, 9.17) is 4.74 Å². The summed E-state index contributed by atoms with van der Waals surface area (Å²) in [4.78, 5) is 30.6. The number of rotatable bonds is 3. The molecule has 31 heavy (non-hydrogen) atoms. The molecule has 2 heterocycles. The van der Waals surface area contributed by atoms with Crippen LogP contribution in [0, 0.1) is 6.92 Å². The van der Waals surface area contributed by atoms with Crippen molar-refractivity contribution in [3.05, 3.63) is 87.9 Å². The maximum absolute atomic E-state index is 13.8. The Bertz CT molecular complexity index is 1360. The van der Waals surface area contributed by atoms with Gasteiger partial charge in [0.05, 0.1) is 12.8 Å². The lowest BCUT2D eigenvalue weighted by atomic mass is 9.82. The number of ketones is 1. The molecule has 1 aliphatic rings. The summed E-state index contributed by atoms with van der Waals surface area (Å²) < 4.78 is 6.01. The first kappa shape index (κ1) is 19.6. The number of carbonyl (C=O) groups excluding carboxylic acids is 2. The van der Waals surface area contributed by atoms with E-state index in [-0.39, 0.29) is 5.78 Å². The number of hydrogen-bond acceptors (Lipinski definition) is 4. The lowest BCUT2D eigenvalue weighted by Crippen LogP contribution is -2.47. The number of aryl methyl sites for hydroxylation is 1. The Balaban J connectivity index is 1.86. The van der Waals surface area contributed by atoms with Gasteiger partial charge in [-0.25, -0.2) is 4.79 Å². The van der Waals surface area contributed by atoms with E-state index in [0.29, 0.717) is 22.5 Å². The molecule has 0 radical (unpaired) electrons. The number of Topliss-reactive ketones (excluding diaryl/α,β-unsaturated/α-hetero) is 1. The van der Waals surface area contributed by atoms with Crippen LogP contribution in [0.25, 0.3) is 22.2 Å². The molecule has 4 aromatic rings. The fraction of sp³-hybridized carbons (Fsp3) is 0.120. The first-order valence-electron chi connectivity index (χ1n) is 9.85. The quantitative estimate of drug-likeness (QED) is 0.300. The van der Waals surface area contributed by atoms with Crippen LogP contribution in [0.5, 0.6) is 0 Å². The van der Waals surface area contributed by atoms with E-state index in [2.05, 4.69) is 26.2 Å². The van der Waals surface area contributed by atoms with E-state index in [1.807, 2.05) is 55.5 Å². The van der Waals surface area contributed by atoms with Gasteiger partial charge in [0.1, 0.15) is 0 Å². The van der Waals surface area contributed by atoms with Crippen molar-refractivity contribution in [2.75, 3.05) is 12.4 Å². The Morgan fingerprint density at radius 3 is 2.52 bits per heavy atom. The van der Waals surface area contributed by atoms with E-state index < -0.39 is 11.5 Å². The van der Waals surface area contributed by atoms with Gasteiger partial charge in [0, 0.05) is 32.2 Å². The van der Waals surface area contributed by atoms with Crippen LogP contribution in [-0.2, 0) is 15.1 Å². The number of anilines is 1. The summed E-state index contributed by atoms with van der Waals surface area (Å²) in [6, 6.07) is 21.0. The molecule has 0 aliphatic carbocycles. The van der Waals surface area contributed by atoms with Crippen molar-refractivity contribution in [2.45, 2.75) is 12.5 Å². The van der Waals surface area contributed by atoms with Crippen molar-refractivity contribution in [3.63, 3.8) is 0 Å². The van der Waals surface area contributed by atoms with E-state index >= 15 is 0 Å². The minimum absolute atomic E-state index is 0.333. The zero-order valence-corrected chi connectivity index (χ0v) is 18.5. The Morgan fingerprint density at radius 1 is 1.03 bits per heavy atom. The van der Waals surface area contributed by atoms with Crippen LogP contribution in [0.1, 0.15) is 21.5 Å². The molecular formula is C25H19BrN2O3. The number of para-hydroxylation sites is 1. The zero-order valence-electron chi connectivity index (χ0n) is 17.0. The molecule has 5 nitrogen and oxygen atoms in total. The van der Waals surface area contributed by atoms with Crippen LogP contribution in [0.3, 0.4) is 0 Å². The molecule has 3 aromatic carbocycles. The van der Waals surface area contributed by atoms with Gasteiger partial charge in [0.15, 0.2) is 0 Å². The van der Waals surface area contributed by atoms with Crippen LogP contribution in [0.15, 0.2) is 71.2 Å². The Kier molecular flexibility index (Phi) is 4.48. The Morgan fingerprint density at radius 2 is 1.77 bits per heavy atom. The third-order valence-electron chi connectivity index (χ3n) is 5.80. The maximum Gasteiger partial charge on any atom is 0.344 e. The molecule has 1 atom stereocenters. The van der Waals surface area contributed by atoms with Crippen LogP contribution in [-0.4, -0.2) is 23.8 Å². The van der Waals surface area contributed by atoms with Gasteiger partial charge in [0.2, 0.25) is 11.3 Å². The van der Waals surface area contributed by atoms with Crippen molar-refractivity contribution in [3.8, 4) is 11.3 Å². The third kappa shape index (κ3) is 2.82. The molecule has 6 heteroatoms. The first-order valence-corrected chi connectivity index (χ1v) is 10.6. The van der Waals surface area contributed by atoms with Gasteiger partial charge in [-0.1, -0.05) is 64.0 Å². The molecule has 5 rings (SSSR count). The van der Waals surface area contributed by atoms with Gasteiger partial charge in [-0.3, -0.25) is 4.79 Å². The minimum atomic E-state index is -1.70. The highest BCUT2D eigenvalue weighted by molar-refractivity contribution is 9.10. The van der Waals surface area contributed by atoms with Gasteiger partial charge in [-0.2, -0.15) is 0 Å². The van der Waals surface area contributed by atoms with Crippen LogP contribution < -0.4 is 5.32 Å². The van der Waals surface area contributed by atoms with E-state index in [1.54, 1.807) is 18.2 Å². The van der Waals surface area contributed by atoms with Crippen LogP contribution in [0.4, 0.5) is 5.69 Å². The van der Waals surface area contributed by atoms with Crippen molar-refractivity contribution < 1.29 is 14.3 Å². The number of benzene rings is 3. The molecule has 1 aliphatic heterocycles. The highest BCUT2D eigenvalue weighted by atomic mass is 79.9. The number of aromatic amines is 1. The second-order valence-corrected chi connectivity index (χ2v) is 8.59. The van der Waals surface area contributed by atoms with Crippen molar-refractivity contribution >= 4 is 44.3 Å². The van der Waals surface area contributed by atoms with Gasteiger partial charge >= 0.3 is 5.97 Å². The predicted octanol–water partition coefficient (Wildman–Crippen LogP) is 5.58. The van der Waals surface area contributed by atoms with E-state index in [1.165, 1.54) is 7.11 Å². The Hall–Kier alpha value is -3.38. The monoisotopic (exact) mass is 474 g/mol. The number of methoxy groups -OCH3 is 1. The Labute approximate surface area is 187 Å². The van der Waals surface area contributed by atoms with Gasteiger partial charge in [-0.05, 0) is 36.8 Å². The molecule has 1 aromatic heterocycles. The summed E-state index contributed by atoms with van der Waals surface area (Å²) in [7, 11) is 1.30. The normalized spacial score (nSPS) is 17.5. The lowest BCUT2D eigenvalue weighted by Gasteiger charge is -2.27. The summed E-state index contributed by atoms with van der Waals surface area (Å²) in [6.45, 7) is 2.02. The summed E-state index contributed by atoms with van der Waals surface area (Å²) in [5, 5.41) is 4.02. The van der Waals surface area contributed by atoms with E-state index in [9.17, 15) is 9.59 Å². The number of fused-ring (bicyclic) bond motifs is 2. The summed E-state index contributed by atoms with van der Waals surface area (Å²) >= 11 is 3.45. The van der Waals surface area contributed by atoms with Crippen molar-refractivity contribution in [1.29, 1.82) is 0 Å². The van der Waals surface area contributed by atoms with Crippen molar-refractivity contribution in [1.82, 2.24) is 4.98 Å². The van der Waals surface area contributed by atoms with Crippen molar-refractivity contribution in [2.24, 2.45) is 0 Å². The number of hydrogen-bond donors (Lipinski definition) is 2. The average Bonchev–Trinajstić information content (AvgIpc) is 3.29. The molecule has 0 fully saturated rings. The number of carbonyl (C=O) groups is 2. The van der Waals surface area contributed by atoms with Gasteiger partial charge in [0.25, 0.3) is 0 Å². The number of esters is 1. The number of nitrogens with one attached hydrogen (secondary N) is 2. The topological polar surface area (TPSA) is 71.2 Å². The highest BCUT2D eigenvalue weighted by Gasteiger charge is 2.56. The first-order chi connectivity index (χ1) is 15.0. The largest absolute Gasteiger partial charge is 0.467 e. The average molecular weight is 475 g/mol. The number of H-pyrrole nitrogens is 1. The third-order valence-corrected chi connectivity index (χ3v) is 6.30. The van der Waals surface area contributed by atoms with Crippen LogP contribution >= 0.6 is 15.9 Å².